The standard InChI is InChI=1S/C8H15O2/c1-2-7(9)4-3-5-8-6-10-8/h7-9H,1-6H2. The first-order valence-corrected chi connectivity index (χ1v) is 3.92. The summed E-state index contributed by atoms with van der Waals surface area (Å²) >= 11 is 0. The van der Waals surface area contributed by atoms with Crippen molar-refractivity contribution in [2.24, 2.45) is 0 Å². The van der Waals surface area contributed by atoms with Gasteiger partial charge in [0.15, 0.2) is 0 Å². The predicted molar refractivity (Wildman–Crippen MR) is 39.6 cm³/mol. The van der Waals surface area contributed by atoms with E-state index in [-0.39, 0.29) is 6.10 Å². The first kappa shape index (κ1) is 8.02. The van der Waals surface area contributed by atoms with Crippen LogP contribution in [0.3, 0.4) is 0 Å². The molecule has 1 aliphatic heterocycles. The molecule has 0 saturated carbocycles. The van der Waals surface area contributed by atoms with Crippen LogP contribution in [0.1, 0.15) is 25.7 Å². The largest absolute Gasteiger partial charge is 0.393 e. The highest BCUT2D eigenvalue weighted by atomic mass is 16.6. The zero-order chi connectivity index (χ0) is 7.40. The topological polar surface area (TPSA) is 32.8 Å². The SMILES string of the molecule is [CH2]CC(O)CCCC1CO1. The molecule has 0 aliphatic carbocycles. The van der Waals surface area contributed by atoms with Crippen molar-refractivity contribution in [3.05, 3.63) is 6.92 Å². The summed E-state index contributed by atoms with van der Waals surface area (Å²) in [7, 11) is 0. The average Bonchev–Trinajstić information content (AvgIpc) is 2.71. The smallest absolute Gasteiger partial charge is 0.0810 e. The van der Waals surface area contributed by atoms with Gasteiger partial charge in [0.05, 0.1) is 18.8 Å². The molecule has 10 heavy (non-hydrogen) atoms. The first-order valence-electron chi connectivity index (χ1n) is 3.92. The average molecular weight is 143 g/mol. The van der Waals surface area contributed by atoms with Crippen molar-refractivity contribution >= 4 is 0 Å². The summed E-state index contributed by atoms with van der Waals surface area (Å²) in [6.07, 6.45) is 4.00. The molecule has 1 saturated heterocycles. The minimum atomic E-state index is -0.196. The van der Waals surface area contributed by atoms with Gasteiger partial charge in [0, 0.05) is 0 Å². The Morgan fingerprint density at radius 3 is 2.90 bits per heavy atom. The van der Waals surface area contributed by atoms with Gasteiger partial charge in [0.1, 0.15) is 0 Å². The number of aliphatic hydroxyl groups excluding tert-OH is 1. The fourth-order valence-electron chi connectivity index (χ4n) is 0.960. The summed E-state index contributed by atoms with van der Waals surface area (Å²) in [5.41, 5.74) is 0. The van der Waals surface area contributed by atoms with Crippen molar-refractivity contribution in [2.75, 3.05) is 6.61 Å². The molecule has 2 unspecified atom stereocenters. The maximum absolute atomic E-state index is 9.09. The van der Waals surface area contributed by atoms with Crippen LogP contribution in [-0.4, -0.2) is 23.9 Å². The summed E-state index contributed by atoms with van der Waals surface area (Å²) in [6, 6.07) is 0. The summed E-state index contributed by atoms with van der Waals surface area (Å²) in [5.74, 6) is 0. The minimum Gasteiger partial charge on any atom is -0.393 e. The van der Waals surface area contributed by atoms with E-state index >= 15 is 0 Å². The van der Waals surface area contributed by atoms with E-state index in [0.717, 1.165) is 25.9 Å². The lowest BCUT2D eigenvalue weighted by atomic mass is 10.1. The van der Waals surface area contributed by atoms with Gasteiger partial charge in [-0.3, -0.25) is 0 Å². The summed E-state index contributed by atoms with van der Waals surface area (Å²) < 4.78 is 5.03. The highest BCUT2D eigenvalue weighted by molar-refractivity contribution is 4.69. The fourth-order valence-corrected chi connectivity index (χ4v) is 0.960. The van der Waals surface area contributed by atoms with E-state index in [4.69, 9.17) is 9.84 Å². The summed E-state index contributed by atoms with van der Waals surface area (Å²) in [4.78, 5) is 0. The second-order valence-corrected chi connectivity index (χ2v) is 2.83. The Labute approximate surface area is 62.2 Å². The van der Waals surface area contributed by atoms with Gasteiger partial charge in [-0.1, -0.05) is 6.92 Å². The molecule has 1 N–H and O–H groups in total. The molecule has 0 spiro atoms. The van der Waals surface area contributed by atoms with E-state index in [2.05, 4.69) is 6.92 Å². The molecular formula is C8H15O2. The zero-order valence-corrected chi connectivity index (χ0v) is 6.25. The number of hydrogen-bond donors (Lipinski definition) is 1. The second kappa shape index (κ2) is 3.94. The Balaban J connectivity index is 1.83. The predicted octanol–water partition coefficient (Wildman–Crippen LogP) is 1.14. The minimum absolute atomic E-state index is 0.196. The summed E-state index contributed by atoms with van der Waals surface area (Å²) in [5, 5.41) is 9.09. The van der Waals surface area contributed by atoms with Crippen molar-refractivity contribution in [3.63, 3.8) is 0 Å². The van der Waals surface area contributed by atoms with Crippen LogP contribution >= 0.6 is 0 Å². The normalized spacial score (nSPS) is 26.4. The van der Waals surface area contributed by atoms with Crippen LogP contribution in [0.4, 0.5) is 0 Å². The van der Waals surface area contributed by atoms with E-state index in [1.807, 2.05) is 0 Å². The lowest BCUT2D eigenvalue weighted by molar-refractivity contribution is 0.162. The lowest BCUT2D eigenvalue weighted by Gasteiger charge is -2.04. The molecule has 1 aliphatic rings. The van der Waals surface area contributed by atoms with Crippen molar-refractivity contribution in [1.82, 2.24) is 0 Å². The fraction of sp³-hybridized carbons (Fsp3) is 0.875. The van der Waals surface area contributed by atoms with Gasteiger partial charge in [-0.05, 0) is 25.7 Å². The molecule has 0 amide bonds. The third-order valence-electron chi connectivity index (χ3n) is 1.80. The van der Waals surface area contributed by atoms with Crippen LogP contribution in [0, 0.1) is 6.92 Å². The molecule has 1 heterocycles. The molecule has 2 atom stereocenters. The van der Waals surface area contributed by atoms with Gasteiger partial charge in [-0.2, -0.15) is 0 Å². The monoisotopic (exact) mass is 143 g/mol. The highest BCUT2D eigenvalue weighted by Crippen LogP contribution is 2.17. The van der Waals surface area contributed by atoms with Crippen molar-refractivity contribution < 1.29 is 9.84 Å². The Morgan fingerprint density at radius 2 is 2.40 bits per heavy atom. The Kier molecular flexibility index (Phi) is 3.16. The van der Waals surface area contributed by atoms with Crippen LogP contribution in [-0.2, 0) is 4.74 Å². The van der Waals surface area contributed by atoms with Gasteiger partial charge < -0.3 is 9.84 Å². The van der Waals surface area contributed by atoms with Gasteiger partial charge in [-0.25, -0.2) is 0 Å². The van der Waals surface area contributed by atoms with E-state index in [0.29, 0.717) is 12.5 Å². The van der Waals surface area contributed by atoms with E-state index in [9.17, 15) is 0 Å². The molecule has 0 aromatic carbocycles. The van der Waals surface area contributed by atoms with Crippen LogP contribution in [0.5, 0.6) is 0 Å². The first-order chi connectivity index (χ1) is 4.83. The Bertz CT molecular complexity index is 89.3. The quantitative estimate of drug-likeness (QED) is 0.585. The van der Waals surface area contributed by atoms with Gasteiger partial charge in [0.2, 0.25) is 0 Å². The number of epoxide rings is 1. The van der Waals surface area contributed by atoms with Gasteiger partial charge in [-0.15, -0.1) is 0 Å². The van der Waals surface area contributed by atoms with Crippen molar-refractivity contribution in [1.29, 1.82) is 0 Å². The molecule has 0 bridgehead atoms. The molecule has 0 aromatic rings. The number of aliphatic hydroxyl groups is 1. The van der Waals surface area contributed by atoms with Crippen LogP contribution in [0.25, 0.3) is 0 Å². The third kappa shape index (κ3) is 3.18. The molecule has 1 radical (unpaired) electrons. The molecule has 2 nitrogen and oxygen atoms in total. The molecule has 1 fully saturated rings. The van der Waals surface area contributed by atoms with E-state index in [1.165, 1.54) is 0 Å². The molecule has 2 heteroatoms. The molecular weight excluding hydrogens is 128 g/mol. The third-order valence-corrected chi connectivity index (χ3v) is 1.80. The van der Waals surface area contributed by atoms with Gasteiger partial charge >= 0.3 is 0 Å². The Morgan fingerprint density at radius 1 is 1.70 bits per heavy atom. The maximum Gasteiger partial charge on any atom is 0.0810 e. The maximum atomic E-state index is 9.09. The Hall–Kier alpha value is -0.0800. The van der Waals surface area contributed by atoms with E-state index in [1.54, 1.807) is 0 Å². The summed E-state index contributed by atoms with van der Waals surface area (Å²) in [6.45, 7) is 4.55. The van der Waals surface area contributed by atoms with Crippen LogP contribution in [0.2, 0.25) is 0 Å². The van der Waals surface area contributed by atoms with Crippen LogP contribution in [0.15, 0.2) is 0 Å². The van der Waals surface area contributed by atoms with Gasteiger partial charge in [0.25, 0.3) is 0 Å². The number of hydrogen-bond acceptors (Lipinski definition) is 2. The number of rotatable bonds is 5. The van der Waals surface area contributed by atoms with Crippen molar-refractivity contribution in [2.45, 2.75) is 37.9 Å². The molecule has 59 valence electrons. The molecule has 0 aromatic heterocycles. The second-order valence-electron chi connectivity index (χ2n) is 2.83. The number of ether oxygens (including phenoxy) is 1. The lowest BCUT2D eigenvalue weighted by Crippen LogP contribution is -2.04. The van der Waals surface area contributed by atoms with Crippen LogP contribution < -0.4 is 0 Å². The molecule has 1 rings (SSSR count). The zero-order valence-electron chi connectivity index (χ0n) is 6.25. The highest BCUT2D eigenvalue weighted by Gasteiger charge is 2.21. The van der Waals surface area contributed by atoms with E-state index < -0.39 is 0 Å². The van der Waals surface area contributed by atoms with Crippen molar-refractivity contribution in [3.8, 4) is 0 Å².